The van der Waals surface area contributed by atoms with Gasteiger partial charge in [0.15, 0.2) is 12.4 Å². The van der Waals surface area contributed by atoms with Gasteiger partial charge in [-0.25, -0.2) is 0 Å². The van der Waals surface area contributed by atoms with E-state index in [4.69, 9.17) is 14.2 Å². The summed E-state index contributed by atoms with van der Waals surface area (Å²) in [6.07, 6.45) is 0. The Labute approximate surface area is 144 Å². The number of rotatable bonds is 8. The second kappa shape index (κ2) is 8.53. The molecule has 8 nitrogen and oxygen atoms in total. The van der Waals surface area contributed by atoms with E-state index in [1.165, 1.54) is 25.3 Å². The Morgan fingerprint density at radius 2 is 1.72 bits per heavy atom. The molecule has 0 aliphatic rings. The van der Waals surface area contributed by atoms with Crippen LogP contribution in [0.25, 0.3) is 0 Å². The summed E-state index contributed by atoms with van der Waals surface area (Å²) in [7, 11) is 2.98. The van der Waals surface area contributed by atoms with E-state index < -0.39 is 4.92 Å². The molecule has 8 heteroatoms. The summed E-state index contributed by atoms with van der Waals surface area (Å²) in [5, 5.41) is 13.7. The number of amides is 1. The molecule has 25 heavy (non-hydrogen) atoms. The third-order valence-electron chi connectivity index (χ3n) is 3.37. The first-order valence-electron chi connectivity index (χ1n) is 7.38. The first kappa shape index (κ1) is 18.1. The molecular weight excluding hydrogens is 328 g/mol. The van der Waals surface area contributed by atoms with E-state index in [0.717, 1.165) is 11.3 Å². The molecule has 2 aromatic carbocycles. The largest absolute Gasteiger partial charge is 0.497 e. The SMILES string of the molecule is COc1ccc(CNC(=O)COc2ccc(OC)cc2[N+](=O)[O-])cc1. The maximum atomic E-state index is 11.9. The maximum Gasteiger partial charge on any atom is 0.314 e. The predicted molar refractivity (Wildman–Crippen MR) is 90.0 cm³/mol. The van der Waals surface area contributed by atoms with Crippen LogP contribution < -0.4 is 19.5 Å². The number of nitro groups is 1. The smallest absolute Gasteiger partial charge is 0.314 e. The fourth-order valence-electron chi connectivity index (χ4n) is 2.03. The number of nitrogens with one attached hydrogen (secondary N) is 1. The lowest BCUT2D eigenvalue weighted by molar-refractivity contribution is -0.385. The molecule has 0 aromatic heterocycles. The van der Waals surface area contributed by atoms with E-state index in [9.17, 15) is 14.9 Å². The lowest BCUT2D eigenvalue weighted by Crippen LogP contribution is -2.28. The van der Waals surface area contributed by atoms with Crippen molar-refractivity contribution < 1.29 is 23.9 Å². The van der Waals surface area contributed by atoms with Crippen LogP contribution in [0.15, 0.2) is 42.5 Å². The molecule has 0 unspecified atom stereocenters. The highest BCUT2D eigenvalue weighted by Gasteiger charge is 2.17. The molecule has 0 spiro atoms. The summed E-state index contributed by atoms with van der Waals surface area (Å²) in [6.45, 7) is -0.0137. The normalized spacial score (nSPS) is 10.0. The fraction of sp³-hybridized carbons (Fsp3) is 0.235. The van der Waals surface area contributed by atoms with Crippen LogP contribution >= 0.6 is 0 Å². The molecule has 0 radical (unpaired) electrons. The van der Waals surface area contributed by atoms with E-state index in [1.807, 2.05) is 12.1 Å². The first-order valence-corrected chi connectivity index (χ1v) is 7.38. The number of methoxy groups -OCH3 is 2. The first-order chi connectivity index (χ1) is 12.0. The van der Waals surface area contributed by atoms with Crippen molar-refractivity contribution >= 4 is 11.6 Å². The monoisotopic (exact) mass is 346 g/mol. The van der Waals surface area contributed by atoms with Gasteiger partial charge in [-0.15, -0.1) is 0 Å². The van der Waals surface area contributed by atoms with Gasteiger partial charge in [-0.3, -0.25) is 14.9 Å². The fourth-order valence-corrected chi connectivity index (χ4v) is 2.03. The van der Waals surface area contributed by atoms with Gasteiger partial charge in [0.25, 0.3) is 5.91 Å². The Bertz CT molecular complexity index is 745. The minimum Gasteiger partial charge on any atom is -0.497 e. The van der Waals surface area contributed by atoms with Gasteiger partial charge in [0.05, 0.1) is 25.2 Å². The highest BCUT2D eigenvalue weighted by Crippen LogP contribution is 2.30. The Hall–Kier alpha value is -3.29. The Morgan fingerprint density at radius 3 is 2.32 bits per heavy atom. The molecule has 132 valence electrons. The highest BCUT2D eigenvalue weighted by atomic mass is 16.6. The minimum absolute atomic E-state index is 0.00500. The Balaban J connectivity index is 1.90. The molecule has 0 aliphatic heterocycles. The number of hydrogen-bond acceptors (Lipinski definition) is 6. The molecule has 0 saturated heterocycles. The van der Waals surface area contributed by atoms with Gasteiger partial charge in [0.2, 0.25) is 0 Å². The zero-order valence-electron chi connectivity index (χ0n) is 13.9. The number of benzene rings is 2. The van der Waals surface area contributed by atoms with E-state index in [2.05, 4.69) is 5.32 Å². The van der Waals surface area contributed by atoms with Crippen LogP contribution in [-0.2, 0) is 11.3 Å². The van der Waals surface area contributed by atoms with E-state index >= 15 is 0 Å². The quantitative estimate of drug-likeness (QED) is 0.581. The molecule has 0 saturated carbocycles. The standard InChI is InChI=1S/C17H18N2O6/c1-23-13-5-3-12(4-6-13)10-18-17(20)11-25-16-8-7-14(24-2)9-15(16)19(21)22/h3-9H,10-11H2,1-2H3,(H,18,20). The molecule has 0 bridgehead atoms. The minimum atomic E-state index is -0.590. The number of nitrogens with zero attached hydrogens (tertiary/aromatic N) is 1. The van der Waals surface area contributed by atoms with Gasteiger partial charge in [-0.2, -0.15) is 0 Å². The summed E-state index contributed by atoms with van der Waals surface area (Å²) in [4.78, 5) is 22.3. The molecule has 0 fully saturated rings. The third-order valence-corrected chi connectivity index (χ3v) is 3.37. The summed E-state index contributed by atoms with van der Waals surface area (Å²) in [5.74, 6) is 0.680. The van der Waals surface area contributed by atoms with Crippen molar-refractivity contribution in [1.82, 2.24) is 5.32 Å². The molecule has 2 rings (SSSR count). The third kappa shape index (κ3) is 5.10. The second-order valence-electron chi connectivity index (χ2n) is 5.00. The number of ether oxygens (including phenoxy) is 3. The maximum absolute atomic E-state index is 11.9. The number of hydrogen-bond donors (Lipinski definition) is 1. The van der Waals surface area contributed by atoms with Gasteiger partial charge in [-0.1, -0.05) is 12.1 Å². The van der Waals surface area contributed by atoms with Crippen LogP contribution in [0.5, 0.6) is 17.2 Å². The van der Waals surface area contributed by atoms with Crippen LogP contribution in [0.2, 0.25) is 0 Å². The lowest BCUT2D eigenvalue weighted by atomic mass is 10.2. The molecule has 0 heterocycles. The van der Waals surface area contributed by atoms with Crippen molar-refractivity contribution in [2.75, 3.05) is 20.8 Å². The lowest BCUT2D eigenvalue weighted by Gasteiger charge is -2.09. The van der Waals surface area contributed by atoms with Crippen molar-refractivity contribution in [1.29, 1.82) is 0 Å². The second-order valence-corrected chi connectivity index (χ2v) is 5.00. The number of carbonyl (C=O) groups excluding carboxylic acids is 1. The summed E-state index contributed by atoms with van der Waals surface area (Å²) in [6, 6.07) is 11.4. The molecule has 1 amide bonds. The van der Waals surface area contributed by atoms with Crippen LogP contribution in [0.3, 0.4) is 0 Å². The Morgan fingerprint density at radius 1 is 1.08 bits per heavy atom. The van der Waals surface area contributed by atoms with E-state index in [-0.39, 0.29) is 24.0 Å². The van der Waals surface area contributed by atoms with Gasteiger partial charge in [0.1, 0.15) is 11.5 Å². The van der Waals surface area contributed by atoms with Gasteiger partial charge >= 0.3 is 5.69 Å². The van der Waals surface area contributed by atoms with Crippen molar-refractivity contribution in [2.24, 2.45) is 0 Å². The topological polar surface area (TPSA) is 99.9 Å². The van der Waals surface area contributed by atoms with Gasteiger partial charge < -0.3 is 19.5 Å². The van der Waals surface area contributed by atoms with Gasteiger partial charge in [0, 0.05) is 6.54 Å². The van der Waals surface area contributed by atoms with Crippen molar-refractivity contribution in [3.8, 4) is 17.2 Å². The van der Waals surface area contributed by atoms with Crippen LogP contribution in [0.1, 0.15) is 5.56 Å². The zero-order valence-corrected chi connectivity index (χ0v) is 13.9. The average Bonchev–Trinajstić information content (AvgIpc) is 2.64. The van der Waals surface area contributed by atoms with Crippen LogP contribution in [0, 0.1) is 10.1 Å². The number of nitro benzene ring substituents is 1. The molecule has 2 aromatic rings. The van der Waals surface area contributed by atoms with Crippen molar-refractivity contribution in [2.45, 2.75) is 6.54 Å². The summed E-state index contributed by atoms with van der Waals surface area (Å²) < 4.78 is 15.3. The van der Waals surface area contributed by atoms with Crippen LogP contribution in [0.4, 0.5) is 5.69 Å². The molecule has 0 atom stereocenters. The molecule has 0 aliphatic carbocycles. The zero-order chi connectivity index (χ0) is 18.2. The van der Waals surface area contributed by atoms with E-state index in [1.54, 1.807) is 19.2 Å². The molecular formula is C17H18N2O6. The Kier molecular flexibility index (Phi) is 6.16. The van der Waals surface area contributed by atoms with E-state index in [0.29, 0.717) is 12.3 Å². The van der Waals surface area contributed by atoms with Crippen molar-refractivity contribution in [3.63, 3.8) is 0 Å². The van der Waals surface area contributed by atoms with Crippen LogP contribution in [-0.4, -0.2) is 31.7 Å². The summed E-state index contributed by atoms with van der Waals surface area (Å²) in [5.41, 5.74) is 0.631. The number of carbonyl (C=O) groups is 1. The van der Waals surface area contributed by atoms with Gasteiger partial charge in [-0.05, 0) is 29.8 Å². The predicted octanol–water partition coefficient (Wildman–Crippen LogP) is 2.31. The molecule has 1 N–H and O–H groups in total. The summed E-state index contributed by atoms with van der Waals surface area (Å²) >= 11 is 0. The van der Waals surface area contributed by atoms with Crippen molar-refractivity contribution in [3.05, 3.63) is 58.1 Å². The highest BCUT2D eigenvalue weighted by molar-refractivity contribution is 5.77. The average molecular weight is 346 g/mol.